The van der Waals surface area contributed by atoms with Crippen molar-refractivity contribution in [1.29, 1.82) is 0 Å². The molecule has 0 saturated carbocycles. The van der Waals surface area contributed by atoms with E-state index in [4.69, 9.17) is 16.4 Å². The number of rotatable bonds is 4. The quantitative estimate of drug-likeness (QED) is 0.655. The van der Waals surface area contributed by atoms with Gasteiger partial charge in [0.1, 0.15) is 0 Å². The predicted molar refractivity (Wildman–Crippen MR) is 116 cm³/mol. The Hall–Kier alpha value is -2.19. The number of nitrogens with one attached hydrogen (secondary N) is 1. The molecule has 1 amide bonds. The van der Waals surface area contributed by atoms with Gasteiger partial charge in [-0.05, 0) is 54.8 Å². The molecule has 4 rings (SSSR count). The van der Waals surface area contributed by atoms with E-state index in [1.54, 1.807) is 49.9 Å². The first-order valence-corrected chi connectivity index (χ1v) is 11.2. The van der Waals surface area contributed by atoms with Crippen LogP contribution in [-0.4, -0.2) is 35.3 Å². The zero-order chi connectivity index (χ0) is 22.4. The molecule has 0 bridgehead atoms. The normalized spacial score (nSPS) is 21.3. The summed E-state index contributed by atoms with van der Waals surface area (Å²) >= 11 is 7.78. The molecule has 1 atom stereocenters. The number of benzene rings is 2. The third-order valence-electron chi connectivity index (χ3n) is 5.47. The molecule has 1 unspecified atom stereocenters. The average Bonchev–Trinajstić information content (AvgIpc) is 3.10. The average molecular weight is 469 g/mol. The Kier molecular flexibility index (Phi) is 5.72. The summed E-state index contributed by atoms with van der Waals surface area (Å²) in [6.45, 7) is 3.42. The number of amides is 1. The number of carbonyl (C=O) groups is 1. The highest BCUT2D eigenvalue weighted by Gasteiger charge is 2.62. The van der Waals surface area contributed by atoms with Gasteiger partial charge in [0.25, 0.3) is 11.5 Å². The second-order valence-electron chi connectivity index (χ2n) is 7.89. The predicted octanol–water partition coefficient (Wildman–Crippen LogP) is 5.38. The standard InChI is InChI=1S/C22H20ClF3N2O2S/c1-12-5-15(8-16(23)6-12)21(22(24,25)26)9-19(28-30-21)14-3-4-18(13(2)7-14)20(29)27-17-10-31-11-17/h3-8,17H,9-11H2,1-2H3,(H,27,29). The van der Waals surface area contributed by atoms with E-state index in [9.17, 15) is 18.0 Å². The summed E-state index contributed by atoms with van der Waals surface area (Å²) in [4.78, 5) is 17.5. The molecule has 2 heterocycles. The number of hydrogen-bond donors (Lipinski definition) is 1. The highest BCUT2D eigenvalue weighted by molar-refractivity contribution is 8.00. The number of aryl methyl sites for hydroxylation is 2. The first kappa shape index (κ1) is 22.0. The Morgan fingerprint density at radius 2 is 1.97 bits per heavy atom. The van der Waals surface area contributed by atoms with Gasteiger partial charge in [-0.3, -0.25) is 4.79 Å². The molecule has 2 aromatic carbocycles. The van der Waals surface area contributed by atoms with Crippen LogP contribution in [0.4, 0.5) is 13.2 Å². The third kappa shape index (κ3) is 4.15. The molecule has 2 aromatic rings. The monoisotopic (exact) mass is 468 g/mol. The molecule has 31 heavy (non-hydrogen) atoms. The maximum atomic E-state index is 14.2. The Labute approximate surface area is 187 Å². The maximum Gasteiger partial charge on any atom is 0.435 e. The molecule has 1 fully saturated rings. The van der Waals surface area contributed by atoms with Gasteiger partial charge in [0.2, 0.25) is 0 Å². The summed E-state index contributed by atoms with van der Waals surface area (Å²) in [6, 6.07) is 9.31. The van der Waals surface area contributed by atoms with Crippen molar-refractivity contribution in [1.82, 2.24) is 5.32 Å². The van der Waals surface area contributed by atoms with E-state index in [0.717, 1.165) is 11.5 Å². The molecule has 2 aliphatic rings. The number of carbonyl (C=O) groups excluding carboxylic acids is 1. The number of halogens is 4. The van der Waals surface area contributed by atoms with Crippen LogP contribution in [0.1, 0.15) is 39.0 Å². The molecular formula is C22H20ClF3N2O2S. The topological polar surface area (TPSA) is 50.7 Å². The number of alkyl halides is 3. The highest BCUT2D eigenvalue weighted by atomic mass is 35.5. The van der Waals surface area contributed by atoms with E-state index in [0.29, 0.717) is 22.3 Å². The van der Waals surface area contributed by atoms with Crippen molar-refractivity contribution in [3.63, 3.8) is 0 Å². The molecule has 9 heteroatoms. The van der Waals surface area contributed by atoms with Crippen molar-refractivity contribution < 1.29 is 22.8 Å². The maximum absolute atomic E-state index is 14.2. The fourth-order valence-electron chi connectivity index (χ4n) is 3.71. The molecule has 1 N–H and O–H groups in total. The molecular weight excluding hydrogens is 449 g/mol. The van der Waals surface area contributed by atoms with E-state index in [2.05, 4.69) is 10.5 Å². The molecule has 0 radical (unpaired) electrons. The van der Waals surface area contributed by atoms with Crippen molar-refractivity contribution in [3.8, 4) is 0 Å². The fourth-order valence-corrected chi connectivity index (χ4v) is 4.64. The minimum Gasteiger partial charge on any atom is -0.374 e. The molecule has 0 spiro atoms. The minimum atomic E-state index is -4.70. The smallest absolute Gasteiger partial charge is 0.374 e. The summed E-state index contributed by atoms with van der Waals surface area (Å²) in [7, 11) is 0. The summed E-state index contributed by atoms with van der Waals surface area (Å²) in [5, 5.41) is 6.95. The summed E-state index contributed by atoms with van der Waals surface area (Å²) in [5.41, 5.74) is -0.294. The van der Waals surface area contributed by atoms with Crippen LogP contribution in [0.15, 0.2) is 41.6 Å². The second-order valence-corrected chi connectivity index (χ2v) is 9.40. The summed E-state index contributed by atoms with van der Waals surface area (Å²) in [5.74, 6) is 1.59. The van der Waals surface area contributed by atoms with E-state index in [-0.39, 0.29) is 28.2 Å². The Balaban J connectivity index is 1.61. The first-order valence-electron chi connectivity index (χ1n) is 9.68. The number of hydrogen-bond acceptors (Lipinski definition) is 4. The van der Waals surface area contributed by atoms with Gasteiger partial charge in [0.05, 0.1) is 5.71 Å². The lowest BCUT2D eigenvalue weighted by atomic mass is 9.85. The fraction of sp³-hybridized carbons (Fsp3) is 0.364. The third-order valence-corrected chi connectivity index (χ3v) is 6.97. The van der Waals surface area contributed by atoms with Gasteiger partial charge in [-0.15, -0.1) is 0 Å². The van der Waals surface area contributed by atoms with Gasteiger partial charge < -0.3 is 10.2 Å². The molecule has 4 nitrogen and oxygen atoms in total. The van der Waals surface area contributed by atoms with Crippen LogP contribution in [-0.2, 0) is 10.4 Å². The number of nitrogens with zero attached hydrogens (tertiary/aromatic N) is 1. The van der Waals surface area contributed by atoms with Crippen LogP contribution in [0.2, 0.25) is 5.02 Å². The van der Waals surface area contributed by atoms with Gasteiger partial charge in [-0.2, -0.15) is 24.9 Å². The van der Waals surface area contributed by atoms with Gasteiger partial charge in [0.15, 0.2) is 0 Å². The Morgan fingerprint density at radius 3 is 2.55 bits per heavy atom. The number of thioether (sulfide) groups is 1. The van der Waals surface area contributed by atoms with Crippen LogP contribution in [0.5, 0.6) is 0 Å². The van der Waals surface area contributed by atoms with Crippen molar-refractivity contribution in [2.24, 2.45) is 5.16 Å². The Morgan fingerprint density at radius 1 is 1.23 bits per heavy atom. The molecule has 0 aromatic heterocycles. The van der Waals surface area contributed by atoms with Gasteiger partial charge in [-0.1, -0.05) is 28.9 Å². The van der Waals surface area contributed by atoms with Gasteiger partial charge in [0, 0.05) is 40.1 Å². The SMILES string of the molecule is Cc1cc(Cl)cc(C2(C(F)(F)F)CC(c3ccc(C(=O)NC4CSC4)c(C)c3)=NO2)c1. The van der Waals surface area contributed by atoms with Crippen molar-refractivity contribution >= 4 is 35.0 Å². The van der Waals surface area contributed by atoms with Crippen LogP contribution in [0, 0.1) is 13.8 Å². The largest absolute Gasteiger partial charge is 0.435 e. The van der Waals surface area contributed by atoms with Crippen molar-refractivity contribution in [2.75, 3.05) is 11.5 Å². The van der Waals surface area contributed by atoms with E-state index >= 15 is 0 Å². The lowest BCUT2D eigenvalue weighted by molar-refractivity contribution is -0.275. The van der Waals surface area contributed by atoms with E-state index in [1.807, 2.05) is 0 Å². The zero-order valence-corrected chi connectivity index (χ0v) is 18.4. The van der Waals surface area contributed by atoms with Crippen LogP contribution in [0.25, 0.3) is 0 Å². The molecule has 164 valence electrons. The second kappa shape index (κ2) is 8.06. The van der Waals surface area contributed by atoms with Crippen molar-refractivity contribution in [3.05, 3.63) is 69.2 Å². The molecule has 0 aliphatic carbocycles. The summed E-state index contributed by atoms with van der Waals surface area (Å²) in [6.07, 6.45) is -5.19. The molecule has 2 aliphatic heterocycles. The van der Waals surface area contributed by atoms with E-state index < -0.39 is 18.2 Å². The van der Waals surface area contributed by atoms with Crippen LogP contribution in [0.3, 0.4) is 0 Å². The highest BCUT2D eigenvalue weighted by Crippen LogP contribution is 2.49. The lowest BCUT2D eigenvalue weighted by Gasteiger charge is -2.30. The van der Waals surface area contributed by atoms with Crippen LogP contribution < -0.4 is 5.32 Å². The van der Waals surface area contributed by atoms with Crippen LogP contribution >= 0.6 is 23.4 Å². The Bertz CT molecular complexity index is 1050. The number of oxime groups is 1. The van der Waals surface area contributed by atoms with Crippen molar-refractivity contribution in [2.45, 2.75) is 38.1 Å². The minimum absolute atomic E-state index is 0.0881. The first-order chi connectivity index (χ1) is 14.6. The van der Waals surface area contributed by atoms with Gasteiger partial charge >= 0.3 is 6.18 Å². The molecule has 1 saturated heterocycles. The van der Waals surface area contributed by atoms with E-state index in [1.165, 1.54) is 12.1 Å². The zero-order valence-electron chi connectivity index (χ0n) is 16.8. The van der Waals surface area contributed by atoms with Gasteiger partial charge in [-0.25, -0.2) is 0 Å². The summed E-state index contributed by atoms with van der Waals surface area (Å²) < 4.78 is 42.5. The lowest BCUT2D eigenvalue weighted by Crippen LogP contribution is -2.44.